The molecule has 1 aliphatic rings. The smallest absolute Gasteiger partial charge is 0.256 e. The third-order valence-corrected chi connectivity index (χ3v) is 7.94. The highest BCUT2D eigenvalue weighted by Gasteiger charge is 2.29. The van der Waals surface area contributed by atoms with E-state index in [1.165, 1.54) is 42.3 Å². The minimum atomic E-state index is -2.82. The zero-order chi connectivity index (χ0) is 27.7. The fourth-order valence-electron chi connectivity index (χ4n) is 5.28. The van der Waals surface area contributed by atoms with Crippen LogP contribution in [0.5, 0.6) is 0 Å². The van der Waals surface area contributed by atoms with Crippen LogP contribution in [0.2, 0.25) is 0 Å². The molecule has 0 radical (unpaired) electrons. The summed E-state index contributed by atoms with van der Waals surface area (Å²) in [6, 6.07) is 16.2. The molecular formula is C28H34FN6O3P. The van der Waals surface area contributed by atoms with Crippen molar-refractivity contribution >= 4 is 30.3 Å². The average molecular weight is 553 g/mol. The van der Waals surface area contributed by atoms with Gasteiger partial charge in [-0.25, -0.2) is 14.4 Å². The van der Waals surface area contributed by atoms with Gasteiger partial charge in [0.15, 0.2) is 7.37 Å². The Kier molecular flexibility index (Phi) is 7.60. The van der Waals surface area contributed by atoms with E-state index in [1.54, 1.807) is 6.92 Å². The molecule has 1 unspecified atom stereocenters. The zero-order valence-electron chi connectivity index (χ0n) is 22.7. The maximum absolute atomic E-state index is 13.5. The Balaban J connectivity index is 1.37. The van der Waals surface area contributed by atoms with E-state index in [9.17, 15) is 13.8 Å². The molecular weight excluding hydrogens is 518 g/mol. The third kappa shape index (κ3) is 5.92. The van der Waals surface area contributed by atoms with E-state index < -0.39 is 13.6 Å². The van der Waals surface area contributed by atoms with Gasteiger partial charge in [-0.2, -0.15) is 0 Å². The van der Waals surface area contributed by atoms with Gasteiger partial charge in [-0.3, -0.25) is 13.9 Å². The number of nitrogens with zero attached hydrogens (tertiary/aromatic N) is 6. The van der Waals surface area contributed by atoms with Crippen molar-refractivity contribution in [3.63, 3.8) is 0 Å². The van der Waals surface area contributed by atoms with Gasteiger partial charge in [0.2, 0.25) is 11.9 Å². The second-order valence-electron chi connectivity index (χ2n) is 10.4. The standard InChI is InChI=1S/C28H34FN6O3P/c1-20(38-39(3,4)37)35-26(36)13-16-30-27(35)32(2)23-14-17-33(18-15-23)28-31-24-7-5-6-8-25(24)34(28)19-21-9-11-22(29)12-10-21/h5-13,16,20,23H,14-15,17-19H2,1-4H3. The molecule has 0 spiro atoms. The molecule has 0 saturated carbocycles. The monoisotopic (exact) mass is 552 g/mol. The summed E-state index contributed by atoms with van der Waals surface area (Å²) >= 11 is 0. The second-order valence-corrected chi connectivity index (χ2v) is 13.1. The Morgan fingerprint density at radius 3 is 2.49 bits per heavy atom. The zero-order valence-corrected chi connectivity index (χ0v) is 23.6. The summed E-state index contributed by atoms with van der Waals surface area (Å²) in [6.45, 7) is 6.91. The first-order chi connectivity index (χ1) is 18.6. The summed E-state index contributed by atoms with van der Waals surface area (Å²) in [7, 11) is -0.881. The quantitative estimate of drug-likeness (QED) is 0.286. The SMILES string of the molecule is CC(OP(C)(C)=O)n1c(N(C)C2CCN(c3nc4ccccc4n3Cc3ccc(F)cc3)CC2)nccc1=O. The van der Waals surface area contributed by atoms with Crippen LogP contribution in [-0.4, -0.2) is 58.6 Å². The largest absolute Gasteiger partial charge is 0.342 e. The Bertz CT molecular complexity index is 1560. The topological polar surface area (TPSA) is 85.5 Å². The number of aromatic nitrogens is 4. The molecule has 3 heterocycles. The fraction of sp³-hybridized carbons (Fsp3) is 0.393. The molecule has 11 heteroatoms. The predicted molar refractivity (Wildman–Crippen MR) is 153 cm³/mol. The second kappa shape index (κ2) is 10.9. The van der Waals surface area contributed by atoms with Crippen molar-refractivity contribution in [1.82, 2.24) is 19.1 Å². The Labute approximate surface area is 227 Å². The van der Waals surface area contributed by atoms with Crippen molar-refractivity contribution in [2.45, 2.75) is 38.6 Å². The van der Waals surface area contributed by atoms with E-state index in [0.717, 1.165) is 48.5 Å². The van der Waals surface area contributed by atoms with E-state index in [2.05, 4.69) is 20.5 Å². The van der Waals surface area contributed by atoms with Crippen LogP contribution in [0.15, 0.2) is 65.6 Å². The minimum absolute atomic E-state index is 0.138. The summed E-state index contributed by atoms with van der Waals surface area (Å²) in [5.74, 6) is 1.13. The highest BCUT2D eigenvalue weighted by molar-refractivity contribution is 7.57. The molecule has 1 aliphatic heterocycles. The van der Waals surface area contributed by atoms with Gasteiger partial charge in [0.05, 0.1) is 17.6 Å². The molecule has 1 saturated heterocycles. The van der Waals surface area contributed by atoms with Crippen LogP contribution in [0.4, 0.5) is 16.3 Å². The van der Waals surface area contributed by atoms with Gasteiger partial charge >= 0.3 is 0 Å². The van der Waals surface area contributed by atoms with Crippen LogP contribution in [-0.2, 0) is 15.6 Å². The van der Waals surface area contributed by atoms with Gasteiger partial charge in [0.25, 0.3) is 5.56 Å². The van der Waals surface area contributed by atoms with Crippen molar-refractivity contribution in [3.05, 3.63) is 82.5 Å². The van der Waals surface area contributed by atoms with Crippen LogP contribution in [0.3, 0.4) is 0 Å². The summed E-state index contributed by atoms with van der Waals surface area (Å²) in [5.41, 5.74) is 2.71. The molecule has 1 atom stereocenters. The number of hydrogen-bond acceptors (Lipinski definition) is 7. The number of rotatable bonds is 8. The molecule has 4 aromatic rings. The summed E-state index contributed by atoms with van der Waals surface area (Å²) in [4.78, 5) is 26.5. The van der Waals surface area contributed by atoms with E-state index >= 15 is 0 Å². The molecule has 0 bridgehead atoms. The first kappa shape index (κ1) is 27.1. The van der Waals surface area contributed by atoms with Crippen LogP contribution < -0.4 is 15.4 Å². The van der Waals surface area contributed by atoms with Gasteiger partial charge < -0.3 is 18.9 Å². The van der Waals surface area contributed by atoms with Crippen molar-refractivity contribution in [3.8, 4) is 0 Å². The van der Waals surface area contributed by atoms with Crippen molar-refractivity contribution in [1.29, 1.82) is 0 Å². The van der Waals surface area contributed by atoms with Crippen molar-refractivity contribution < 1.29 is 13.5 Å². The predicted octanol–water partition coefficient (Wildman–Crippen LogP) is 4.96. The first-order valence-corrected chi connectivity index (χ1v) is 15.6. The van der Waals surface area contributed by atoms with E-state index in [0.29, 0.717) is 12.5 Å². The lowest BCUT2D eigenvalue weighted by Crippen LogP contribution is -2.46. The number of imidazole rings is 1. The molecule has 1 fully saturated rings. The molecule has 9 nitrogen and oxygen atoms in total. The van der Waals surface area contributed by atoms with E-state index in [4.69, 9.17) is 9.51 Å². The molecule has 39 heavy (non-hydrogen) atoms. The van der Waals surface area contributed by atoms with E-state index in [1.807, 2.05) is 42.3 Å². The lowest BCUT2D eigenvalue weighted by Gasteiger charge is -2.38. The number of benzene rings is 2. The Morgan fingerprint density at radius 2 is 1.79 bits per heavy atom. The van der Waals surface area contributed by atoms with Gasteiger partial charge in [-0.05, 0) is 49.6 Å². The van der Waals surface area contributed by atoms with Crippen LogP contribution >= 0.6 is 7.37 Å². The Morgan fingerprint density at radius 1 is 1.10 bits per heavy atom. The molecule has 0 N–H and O–H groups in total. The number of halogens is 1. The van der Waals surface area contributed by atoms with Crippen LogP contribution in [0, 0.1) is 5.82 Å². The molecule has 5 rings (SSSR count). The Hall–Kier alpha value is -3.49. The highest BCUT2D eigenvalue weighted by Crippen LogP contribution is 2.42. The van der Waals surface area contributed by atoms with E-state index in [-0.39, 0.29) is 17.4 Å². The van der Waals surface area contributed by atoms with Gasteiger partial charge in [-0.1, -0.05) is 24.3 Å². The number of piperidine rings is 1. The lowest BCUT2D eigenvalue weighted by atomic mass is 10.0. The molecule has 0 aliphatic carbocycles. The minimum Gasteiger partial charge on any atom is -0.342 e. The normalized spacial score (nSPS) is 15.6. The van der Waals surface area contributed by atoms with Gasteiger partial charge in [0, 0.05) is 51.8 Å². The molecule has 2 aromatic carbocycles. The maximum atomic E-state index is 13.5. The fourth-order valence-corrected chi connectivity index (χ4v) is 6.10. The number of anilines is 2. The lowest BCUT2D eigenvalue weighted by molar-refractivity contribution is 0.154. The van der Waals surface area contributed by atoms with Crippen molar-refractivity contribution in [2.24, 2.45) is 0 Å². The average Bonchev–Trinajstić information content (AvgIpc) is 3.26. The maximum Gasteiger partial charge on any atom is 0.256 e. The number of hydrogen-bond donors (Lipinski definition) is 0. The number of para-hydroxylation sites is 2. The summed E-state index contributed by atoms with van der Waals surface area (Å²) in [5, 5.41) is 0. The number of fused-ring (bicyclic) bond motifs is 1. The molecule has 206 valence electrons. The third-order valence-electron chi connectivity index (χ3n) is 7.13. The summed E-state index contributed by atoms with van der Waals surface area (Å²) < 4.78 is 35.1. The summed E-state index contributed by atoms with van der Waals surface area (Å²) in [6.07, 6.45) is 2.45. The van der Waals surface area contributed by atoms with Gasteiger partial charge in [-0.15, -0.1) is 0 Å². The van der Waals surface area contributed by atoms with Gasteiger partial charge in [0.1, 0.15) is 12.0 Å². The van der Waals surface area contributed by atoms with Crippen LogP contribution in [0.25, 0.3) is 11.0 Å². The van der Waals surface area contributed by atoms with Crippen LogP contribution in [0.1, 0.15) is 31.6 Å². The van der Waals surface area contributed by atoms with Crippen molar-refractivity contribution in [2.75, 3.05) is 43.3 Å². The first-order valence-electron chi connectivity index (χ1n) is 13.1. The highest BCUT2D eigenvalue weighted by atomic mass is 31.2. The molecule has 0 amide bonds. The molecule has 2 aromatic heterocycles.